The molecular weight excluding hydrogens is 320 g/mol. The summed E-state index contributed by atoms with van der Waals surface area (Å²) < 4.78 is 11.9. The first-order chi connectivity index (χ1) is 11.4. The Hall–Kier alpha value is -2.20. The number of benzene rings is 1. The molecule has 9 heteroatoms. The third-order valence-corrected chi connectivity index (χ3v) is 4.04. The Kier molecular flexibility index (Phi) is 4.41. The highest BCUT2D eigenvalue weighted by atomic mass is 16.5. The van der Waals surface area contributed by atoms with Gasteiger partial charge < -0.3 is 29.8 Å². The Balaban J connectivity index is 2.11. The minimum atomic E-state index is -1.44. The van der Waals surface area contributed by atoms with Gasteiger partial charge in [0.2, 0.25) is 5.91 Å². The number of amides is 1. The fraction of sp³-hybridized carbons (Fsp3) is 0.467. The molecule has 1 amide bonds. The second-order valence-corrected chi connectivity index (χ2v) is 5.66. The van der Waals surface area contributed by atoms with Gasteiger partial charge in [-0.25, -0.2) is 9.36 Å². The van der Waals surface area contributed by atoms with Gasteiger partial charge in [0.25, 0.3) is 0 Å². The van der Waals surface area contributed by atoms with Gasteiger partial charge in [-0.1, -0.05) is 12.1 Å². The van der Waals surface area contributed by atoms with Gasteiger partial charge >= 0.3 is 5.76 Å². The van der Waals surface area contributed by atoms with Crippen molar-refractivity contribution in [1.82, 2.24) is 9.88 Å². The lowest BCUT2D eigenvalue weighted by Gasteiger charge is -2.42. The first-order valence-electron chi connectivity index (χ1n) is 7.43. The molecule has 1 saturated heterocycles. The predicted octanol–water partition coefficient (Wildman–Crippen LogP) is -1.29. The number of hydrogen-bond donors (Lipinski definition) is 4. The lowest BCUT2D eigenvalue weighted by molar-refractivity contribution is -0.216. The molecular formula is C15H18N2O7. The van der Waals surface area contributed by atoms with Crippen LogP contribution in [0.5, 0.6) is 0 Å². The van der Waals surface area contributed by atoms with Crippen molar-refractivity contribution in [2.24, 2.45) is 0 Å². The van der Waals surface area contributed by atoms with E-state index in [0.29, 0.717) is 11.1 Å². The number of oxazole rings is 1. The number of hydrogen-bond acceptors (Lipinski definition) is 7. The Morgan fingerprint density at radius 3 is 2.67 bits per heavy atom. The highest BCUT2D eigenvalue weighted by molar-refractivity contribution is 5.74. The van der Waals surface area contributed by atoms with E-state index in [1.165, 1.54) is 6.92 Å². The van der Waals surface area contributed by atoms with Crippen molar-refractivity contribution in [2.45, 2.75) is 37.5 Å². The molecule has 0 bridgehead atoms. The summed E-state index contributed by atoms with van der Waals surface area (Å²) in [7, 11) is 0. The molecule has 130 valence electrons. The molecule has 1 fully saturated rings. The van der Waals surface area contributed by atoms with Gasteiger partial charge in [-0.3, -0.25) is 4.79 Å². The van der Waals surface area contributed by atoms with Crippen LogP contribution in [0.4, 0.5) is 0 Å². The molecule has 1 aromatic heterocycles. The quantitative estimate of drug-likeness (QED) is 0.547. The van der Waals surface area contributed by atoms with Gasteiger partial charge in [0.1, 0.15) is 24.4 Å². The third kappa shape index (κ3) is 2.71. The number of rotatable bonds is 3. The monoisotopic (exact) mass is 338 g/mol. The van der Waals surface area contributed by atoms with Crippen molar-refractivity contribution >= 4 is 17.0 Å². The van der Waals surface area contributed by atoms with Crippen LogP contribution >= 0.6 is 0 Å². The molecule has 5 atom stereocenters. The maximum absolute atomic E-state index is 12.2. The SMILES string of the molecule is CC(=O)N[C@@H]1[C@H](O)[C@H](O)[C@H](CO)O[C@H]1n1c(=O)oc2ccccc21. The van der Waals surface area contributed by atoms with Gasteiger partial charge in [-0.05, 0) is 12.1 Å². The summed E-state index contributed by atoms with van der Waals surface area (Å²) in [6.45, 7) is 0.677. The number of nitrogens with one attached hydrogen (secondary N) is 1. The van der Waals surface area contributed by atoms with E-state index >= 15 is 0 Å². The van der Waals surface area contributed by atoms with E-state index in [1.54, 1.807) is 24.3 Å². The molecule has 0 radical (unpaired) electrons. The number of aliphatic hydroxyl groups is 3. The minimum Gasteiger partial charge on any atom is -0.408 e. The second-order valence-electron chi connectivity index (χ2n) is 5.66. The largest absolute Gasteiger partial charge is 0.422 e. The third-order valence-electron chi connectivity index (χ3n) is 4.04. The molecule has 2 heterocycles. The van der Waals surface area contributed by atoms with Crippen LogP contribution in [0.25, 0.3) is 11.1 Å². The lowest BCUT2D eigenvalue weighted by atomic mass is 9.95. The van der Waals surface area contributed by atoms with Crippen LogP contribution in [-0.4, -0.2) is 56.8 Å². The molecule has 9 nitrogen and oxygen atoms in total. The Morgan fingerprint density at radius 1 is 1.29 bits per heavy atom. The molecule has 0 saturated carbocycles. The zero-order chi connectivity index (χ0) is 17.4. The molecule has 0 spiro atoms. The first kappa shape index (κ1) is 16.7. The molecule has 1 aliphatic heterocycles. The molecule has 24 heavy (non-hydrogen) atoms. The summed E-state index contributed by atoms with van der Waals surface area (Å²) in [5.74, 6) is -1.21. The van der Waals surface area contributed by atoms with E-state index in [-0.39, 0.29) is 0 Å². The standard InChI is InChI=1S/C15H18N2O7/c1-7(19)16-11-13(21)12(20)10(6-18)23-14(11)17-8-4-2-3-5-9(8)24-15(17)22/h2-5,10-14,18,20-21H,6H2,1H3,(H,16,19)/t10-,11+,12+,13-,14+/m0/s1. The van der Waals surface area contributed by atoms with Crippen LogP contribution in [-0.2, 0) is 9.53 Å². The van der Waals surface area contributed by atoms with Gasteiger partial charge in [0.15, 0.2) is 11.8 Å². The zero-order valence-corrected chi connectivity index (χ0v) is 12.8. The van der Waals surface area contributed by atoms with Gasteiger partial charge in [0, 0.05) is 6.92 Å². The second kappa shape index (κ2) is 6.36. The number of nitrogens with zero attached hydrogens (tertiary/aromatic N) is 1. The number of aromatic nitrogens is 1. The average molecular weight is 338 g/mol. The van der Waals surface area contributed by atoms with E-state index in [4.69, 9.17) is 9.15 Å². The summed E-state index contributed by atoms with van der Waals surface area (Å²) >= 11 is 0. The van der Waals surface area contributed by atoms with Crippen molar-refractivity contribution < 1.29 is 29.3 Å². The lowest BCUT2D eigenvalue weighted by Crippen LogP contribution is -2.62. The van der Waals surface area contributed by atoms with E-state index in [1.807, 2.05) is 0 Å². The van der Waals surface area contributed by atoms with Crippen molar-refractivity contribution in [3.63, 3.8) is 0 Å². The fourth-order valence-electron chi connectivity index (χ4n) is 2.93. The molecule has 0 unspecified atom stereocenters. The average Bonchev–Trinajstić information content (AvgIpc) is 2.88. The predicted molar refractivity (Wildman–Crippen MR) is 81.1 cm³/mol. The summed E-state index contributed by atoms with van der Waals surface area (Å²) in [4.78, 5) is 23.7. The van der Waals surface area contributed by atoms with E-state index in [2.05, 4.69) is 5.32 Å². The molecule has 2 aromatic rings. The van der Waals surface area contributed by atoms with Crippen molar-refractivity contribution in [3.8, 4) is 0 Å². The minimum absolute atomic E-state index is 0.314. The number of fused-ring (bicyclic) bond motifs is 1. The van der Waals surface area contributed by atoms with Gasteiger partial charge in [-0.2, -0.15) is 0 Å². The Morgan fingerprint density at radius 2 is 2.00 bits per heavy atom. The van der Waals surface area contributed by atoms with Crippen LogP contribution in [0.15, 0.2) is 33.5 Å². The molecule has 0 aliphatic carbocycles. The number of carbonyl (C=O) groups excluding carboxylic acids is 1. The molecule has 1 aliphatic rings. The number of aliphatic hydroxyl groups excluding tert-OH is 3. The van der Waals surface area contributed by atoms with Crippen molar-refractivity contribution in [1.29, 1.82) is 0 Å². The Bertz CT molecular complexity index is 798. The van der Waals surface area contributed by atoms with Crippen LogP contribution in [0.1, 0.15) is 13.2 Å². The van der Waals surface area contributed by atoms with Crippen LogP contribution in [0.2, 0.25) is 0 Å². The van der Waals surface area contributed by atoms with Crippen LogP contribution < -0.4 is 11.1 Å². The highest BCUT2D eigenvalue weighted by Crippen LogP contribution is 2.30. The molecule has 3 rings (SSSR count). The van der Waals surface area contributed by atoms with Crippen molar-refractivity contribution in [2.75, 3.05) is 6.61 Å². The highest BCUT2D eigenvalue weighted by Gasteiger charge is 2.46. The topological polar surface area (TPSA) is 134 Å². The number of carbonyl (C=O) groups is 1. The normalized spacial score (nSPS) is 30.4. The molecule has 4 N–H and O–H groups in total. The summed E-state index contributed by atoms with van der Waals surface area (Å²) in [6.07, 6.45) is -5.13. The maximum Gasteiger partial charge on any atom is 0.422 e. The van der Waals surface area contributed by atoms with Gasteiger partial charge in [0.05, 0.1) is 12.1 Å². The zero-order valence-electron chi connectivity index (χ0n) is 12.8. The van der Waals surface area contributed by atoms with Crippen LogP contribution in [0, 0.1) is 0 Å². The van der Waals surface area contributed by atoms with E-state index in [9.17, 15) is 24.9 Å². The molecule has 1 aromatic carbocycles. The maximum atomic E-state index is 12.2. The smallest absolute Gasteiger partial charge is 0.408 e. The fourth-order valence-corrected chi connectivity index (χ4v) is 2.93. The Labute approximate surface area is 136 Å². The van der Waals surface area contributed by atoms with E-state index in [0.717, 1.165) is 4.57 Å². The van der Waals surface area contributed by atoms with Crippen molar-refractivity contribution in [3.05, 3.63) is 34.8 Å². The summed E-state index contributed by atoms with van der Waals surface area (Å²) in [5.41, 5.74) is 0.719. The first-order valence-corrected chi connectivity index (χ1v) is 7.43. The van der Waals surface area contributed by atoms with Crippen LogP contribution in [0.3, 0.4) is 0 Å². The number of para-hydroxylation sites is 2. The van der Waals surface area contributed by atoms with Gasteiger partial charge in [-0.15, -0.1) is 0 Å². The van der Waals surface area contributed by atoms with E-state index < -0.39 is 48.9 Å². The summed E-state index contributed by atoms with van der Waals surface area (Å²) in [5, 5.41) is 32.2. The summed E-state index contributed by atoms with van der Waals surface area (Å²) in [6, 6.07) is 5.51. The number of ether oxygens (including phenoxy) is 1.